The normalized spacial score (nSPS) is 14.7. The molecule has 0 aliphatic rings. The Morgan fingerprint density at radius 1 is 0.525 bits per heavy atom. The van der Waals surface area contributed by atoms with Gasteiger partial charge in [0.1, 0.15) is 12.7 Å². The van der Waals surface area contributed by atoms with Crippen LogP contribution in [0, 0.1) is 0 Å². The Hall–Kier alpha value is -3.11. The fourth-order valence-corrected chi connectivity index (χ4v) is 6.12. The molecule has 0 aromatic rings. The van der Waals surface area contributed by atoms with Crippen LogP contribution in [0.15, 0.2) is 97.2 Å². The molecule has 0 aliphatic heterocycles. The Balaban J connectivity index is 4.42. The second-order valence-corrected chi connectivity index (χ2v) is 15.8. The molecular weight excluding hydrogens is 767 g/mol. The summed E-state index contributed by atoms with van der Waals surface area (Å²) in [6, 6.07) is 0. The Kier molecular flexibility index (Phi) is 40.7. The maximum atomic E-state index is 12.6. The van der Waals surface area contributed by atoms with E-state index in [0.717, 1.165) is 83.5 Å². The highest BCUT2D eigenvalue weighted by atomic mass is 31.2. The number of phosphoric acid groups is 1. The number of hydrogen-bond donors (Lipinski definition) is 3. The fraction of sp³-hybridized carbons (Fsp3) is 0.625. The van der Waals surface area contributed by atoms with Crippen LogP contribution < -0.4 is 0 Å². The average molecular weight is 847 g/mol. The molecule has 0 saturated carbocycles. The van der Waals surface area contributed by atoms with E-state index in [4.69, 9.17) is 19.1 Å². The van der Waals surface area contributed by atoms with Crippen LogP contribution in [0.5, 0.6) is 0 Å². The molecule has 0 aromatic carbocycles. The summed E-state index contributed by atoms with van der Waals surface area (Å²) in [7, 11) is -4.64. The van der Waals surface area contributed by atoms with Gasteiger partial charge in [-0.2, -0.15) is 0 Å². The van der Waals surface area contributed by atoms with Crippen molar-refractivity contribution in [3.63, 3.8) is 0 Å². The molecule has 0 spiro atoms. The minimum Gasteiger partial charge on any atom is -0.462 e. The molecule has 59 heavy (non-hydrogen) atoms. The summed E-state index contributed by atoms with van der Waals surface area (Å²) < 4.78 is 32.7. The summed E-state index contributed by atoms with van der Waals surface area (Å²) in [6.07, 6.45) is 52.3. The first-order chi connectivity index (χ1) is 28.7. The van der Waals surface area contributed by atoms with Crippen molar-refractivity contribution in [2.24, 2.45) is 0 Å². The van der Waals surface area contributed by atoms with Crippen molar-refractivity contribution in [3.05, 3.63) is 97.2 Å². The minimum absolute atomic E-state index is 0.0970. The lowest BCUT2D eigenvalue weighted by atomic mass is 10.1. The molecule has 3 N–H and O–H groups in total. The van der Waals surface area contributed by atoms with Crippen molar-refractivity contribution >= 4 is 19.8 Å². The van der Waals surface area contributed by atoms with Crippen molar-refractivity contribution in [3.8, 4) is 0 Å². The van der Waals surface area contributed by atoms with E-state index in [2.05, 4.69) is 103 Å². The van der Waals surface area contributed by atoms with Crippen LogP contribution in [0.25, 0.3) is 0 Å². The smallest absolute Gasteiger partial charge is 0.462 e. The molecule has 336 valence electrons. The van der Waals surface area contributed by atoms with Crippen LogP contribution in [0.2, 0.25) is 0 Å². The Morgan fingerprint density at radius 3 is 1.46 bits per heavy atom. The quantitative estimate of drug-likeness (QED) is 0.0235. The Morgan fingerprint density at radius 2 is 0.949 bits per heavy atom. The van der Waals surface area contributed by atoms with Gasteiger partial charge < -0.3 is 24.6 Å². The number of aliphatic hydroxyl groups excluding tert-OH is 2. The fourth-order valence-electron chi connectivity index (χ4n) is 5.33. The van der Waals surface area contributed by atoms with Crippen LogP contribution >= 0.6 is 7.82 Å². The molecule has 3 unspecified atom stereocenters. The SMILES string of the molecule is CC/C=C\C/C=C\C/C=C\C/C=C\C/C=C\CCCC(=O)OC(COC(=O)CCCCCCCC/C=C\C/C=C\C/C=C\CCCCC)COP(=O)(O)OCC(O)CO. The number of unbranched alkanes of at least 4 members (excludes halogenated alkanes) is 10. The topological polar surface area (TPSA) is 149 Å². The third kappa shape index (κ3) is 42.8. The van der Waals surface area contributed by atoms with E-state index >= 15 is 0 Å². The van der Waals surface area contributed by atoms with Gasteiger partial charge in [-0.05, 0) is 89.9 Å². The Labute approximate surface area is 357 Å². The molecule has 11 heteroatoms. The average Bonchev–Trinajstić information content (AvgIpc) is 3.22. The van der Waals surface area contributed by atoms with E-state index in [1.54, 1.807) is 0 Å². The van der Waals surface area contributed by atoms with Gasteiger partial charge in [-0.1, -0.05) is 150 Å². The maximum Gasteiger partial charge on any atom is 0.472 e. The predicted molar refractivity (Wildman–Crippen MR) is 242 cm³/mol. The van der Waals surface area contributed by atoms with Crippen molar-refractivity contribution in [2.45, 2.75) is 167 Å². The largest absolute Gasteiger partial charge is 0.472 e. The molecule has 0 aromatic heterocycles. The van der Waals surface area contributed by atoms with Crippen LogP contribution in [-0.2, 0) is 32.7 Å². The number of esters is 2. The summed E-state index contributed by atoms with van der Waals surface area (Å²) in [5, 5.41) is 18.3. The van der Waals surface area contributed by atoms with E-state index in [0.29, 0.717) is 19.3 Å². The molecule has 10 nitrogen and oxygen atoms in total. The summed E-state index contributed by atoms with van der Waals surface area (Å²) >= 11 is 0. The molecule has 0 bridgehead atoms. The number of allylic oxidation sites excluding steroid dienone is 16. The zero-order valence-electron chi connectivity index (χ0n) is 36.4. The molecule has 0 saturated heterocycles. The molecule has 0 amide bonds. The van der Waals surface area contributed by atoms with Gasteiger partial charge in [-0.3, -0.25) is 18.6 Å². The van der Waals surface area contributed by atoms with Gasteiger partial charge in [0, 0.05) is 12.8 Å². The first-order valence-electron chi connectivity index (χ1n) is 22.2. The van der Waals surface area contributed by atoms with Gasteiger partial charge in [0.05, 0.1) is 19.8 Å². The second-order valence-electron chi connectivity index (χ2n) is 14.3. The van der Waals surface area contributed by atoms with E-state index in [-0.39, 0.29) is 19.4 Å². The minimum atomic E-state index is -4.64. The van der Waals surface area contributed by atoms with Gasteiger partial charge in [0.25, 0.3) is 0 Å². The molecule has 0 fully saturated rings. The number of carbonyl (C=O) groups excluding carboxylic acids is 2. The molecule has 3 atom stereocenters. The standard InChI is InChI=1S/C48H79O10P/c1-3-5-7-9-11-13-15-17-19-21-22-24-25-27-29-31-33-35-37-39-47(51)55-43-46(44-57-59(53,54)56-42-45(50)41-49)58-48(52)40-38-36-34-32-30-28-26-23-20-18-16-14-12-10-8-6-4-2/h6,8,11-14,17-20,22,24,26,28,32,34,45-46,49-50H,3-5,7,9-10,15-16,21,23,25,27,29-31,33,35-44H2,1-2H3,(H,53,54)/b8-6-,13-11-,14-12-,19-17-,20-18-,24-22-,28-26-,34-32-. The van der Waals surface area contributed by atoms with E-state index in [1.165, 1.54) is 25.7 Å². The maximum absolute atomic E-state index is 12.6. The van der Waals surface area contributed by atoms with Crippen molar-refractivity contribution in [1.29, 1.82) is 0 Å². The second kappa shape index (κ2) is 43.0. The lowest BCUT2D eigenvalue weighted by molar-refractivity contribution is -0.161. The van der Waals surface area contributed by atoms with Crippen molar-refractivity contribution < 1.29 is 47.8 Å². The van der Waals surface area contributed by atoms with Crippen LogP contribution in [0.1, 0.15) is 155 Å². The highest BCUT2D eigenvalue weighted by Gasteiger charge is 2.27. The highest BCUT2D eigenvalue weighted by Crippen LogP contribution is 2.43. The van der Waals surface area contributed by atoms with Crippen molar-refractivity contribution in [2.75, 3.05) is 26.4 Å². The molecule has 0 heterocycles. The number of rotatable bonds is 40. The zero-order chi connectivity index (χ0) is 43.3. The summed E-state index contributed by atoms with van der Waals surface area (Å²) in [6.45, 7) is 2.14. The lowest BCUT2D eigenvalue weighted by Crippen LogP contribution is -2.29. The lowest BCUT2D eigenvalue weighted by Gasteiger charge is -2.20. The zero-order valence-corrected chi connectivity index (χ0v) is 37.3. The van der Waals surface area contributed by atoms with Gasteiger partial charge in [-0.15, -0.1) is 0 Å². The first kappa shape index (κ1) is 55.9. The molecular formula is C48H79O10P. The van der Waals surface area contributed by atoms with Gasteiger partial charge in [-0.25, -0.2) is 4.57 Å². The number of hydrogen-bond acceptors (Lipinski definition) is 9. The molecule has 0 radical (unpaired) electrons. The third-order valence-electron chi connectivity index (χ3n) is 8.72. The highest BCUT2D eigenvalue weighted by molar-refractivity contribution is 7.47. The van der Waals surface area contributed by atoms with Gasteiger partial charge >= 0.3 is 19.8 Å². The third-order valence-corrected chi connectivity index (χ3v) is 9.67. The van der Waals surface area contributed by atoms with E-state index < -0.39 is 51.8 Å². The monoisotopic (exact) mass is 847 g/mol. The first-order valence-corrected chi connectivity index (χ1v) is 23.7. The number of aliphatic hydroxyl groups is 2. The summed E-state index contributed by atoms with van der Waals surface area (Å²) in [5.41, 5.74) is 0. The number of ether oxygens (including phenoxy) is 2. The molecule has 0 rings (SSSR count). The predicted octanol–water partition coefficient (Wildman–Crippen LogP) is 12.0. The van der Waals surface area contributed by atoms with E-state index in [1.807, 2.05) is 12.2 Å². The Bertz CT molecular complexity index is 1300. The number of phosphoric ester groups is 1. The van der Waals surface area contributed by atoms with Gasteiger partial charge in [0.15, 0.2) is 6.10 Å². The van der Waals surface area contributed by atoms with E-state index in [9.17, 15) is 24.2 Å². The molecule has 0 aliphatic carbocycles. The van der Waals surface area contributed by atoms with Crippen LogP contribution in [-0.4, -0.2) is 65.7 Å². The van der Waals surface area contributed by atoms with Crippen LogP contribution in [0.4, 0.5) is 0 Å². The van der Waals surface area contributed by atoms with Crippen molar-refractivity contribution in [1.82, 2.24) is 0 Å². The van der Waals surface area contributed by atoms with Crippen LogP contribution in [0.3, 0.4) is 0 Å². The summed E-state index contributed by atoms with van der Waals surface area (Å²) in [4.78, 5) is 35.0. The van der Waals surface area contributed by atoms with Gasteiger partial charge in [0.2, 0.25) is 0 Å². The summed E-state index contributed by atoms with van der Waals surface area (Å²) in [5.74, 6) is -1.02. The number of carbonyl (C=O) groups is 2.